The molecule has 1 amide bonds. The van der Waals surface area contributed by atoms with Crippen molar-refractivity contribution in [2.45, 2.75) is 19.4 Å². The van der Waals surface area contributed by atoms with Crippen molar-refractivity contribution in [3.05, 3.63) is 59.2 Å². The number of aliphatic hydroxyl groups excluding tert-OH is 1. The molecule has 0 aromatic heterocycles. The Morgan fingerprint density at radius 3 is 2.92 bits per heavy atom. The Balaban J connectivity index is 1.64. The summed E-state index contributed by atoms with van der Waals surface area (Å²) in [5, 5.41) is 13.2. The summed E-state index contributed by atoms with van der Waals surface area (Å²) in [6, 6.07) is 13.1. The van der Waals surface area contributed by atoms with Crippen LogP contribution in [0.4, 0.5) is 5.69 Å². The standard InChI is InChI=1S/C20H24N2O3/c1-3-25-19-7-5-4-6-16(19)20(24)21-13-18(23)15-8-9-17-14(12-15)10-11-22(17)2/h4-9,12,18,23H,3,10-11,13H2,1-2H3,(H,21,24)/t18-/m0/s1. The van der Waals surface area contributed by atoms with Crippen LogP contribution in [0.25, 0.3) is 0 Å². The number of likely N-dealkylation sites (N-methyl/N-ethyl adjacent to an activating group) is 1. The number of amides is 1. The summed E-state index contributed by atoms with van der Waals surface area (Å²) in [4.78, 5) is 14.6. The summed E-state index contributed by atoms with van der Waals surface area (Å²) in [6.45, 7) is 3.54. The van der Waals surface area contributed by atoms with E-state index in [1.807, 2.05) is 31.2 Å². The van der Waals surface area contributed by atoms with Gasteiger partial charge in [0.05, 0.1) is 18.3 Å². The first-order valence-electron chi connectivity index (χ1n) is 8.62. The fraction of sp³-hybridized carbons (Fsp3) is 0.350. The van der Waals surface area contributed by atoms with Crippen LogP contribution in [0.1, 0.15) is 34.5 Å². The van der Waals surface area contributed by atoms with Gasteiger partial charge in [0, 0.05) is 25.8 Å². The van der Waals surface area contributed by atoms with Gasteiger partial charge in [0.2, 0.25) is 0 Å². The van der Waals surface area contributed by atoms with Gasteiger partial charge in [-0.3, -0.25) is 4.79 Å². The minimum Gasteiger partial charge on any atom is -0.493 e. The number of carbonyl (C=O) groups is 1. The Morgan fingerprint density at radius 2 is 2.12 bits per heavy atom. The second-order valence-corrected chi connectivity index (χ2v) is 6.21. The summed E-state index contributed by atoms with van der Waals surface area (Å²) < 4.78 is 5.48. The molecule has 0 saturated carbocycles. The molecule has 5 heteroatoms. The lowest BCUT2D eigenvalue weighted by molar-refractivity contribution is 0.0912. The Morgan fingerprint density at radius 1 is 1.32 bits per heavy atom. The number of para-hydroxylation sites is 1. The average molecular weight is 340 g/mol. The van der Waals surface area contributed by atoms with Crippen molar-refractivity contribution >= 4 is 11.6 Å². The number of hydrogen-bond acceptors (Lipinski definition) is 4. The second-order valence-electron chi connectivity index (χ2n) is 6.21. The third-order valence-corrected chi connectivity index (χ3v) is 4.50. The van der Waals surface area contributed by atoms with Crippen LogP contribution in [0.2, 0.25) is 0 Å². The Kier molecular flexibility index (Phi) is 5.24. The van der Waals surface area contributed by atoms with Gasteiger partial charge in [-0.15, -0.1) is 0 Å². The molecule has 2 aromatic carbocycles. The maximum atomic E-state index is 12.4. The summed E-state index contributed by atoms with van der Waals surface area (Å²) in [7, 11) is 2.07. The maximum absolute atomic E-state index is 12.4. The van der Waals surface area contributed by atoms with E-state index in [2.05, 4.69) is 17.3 Å². The van der Waals surface area contributed by atoms with Crippen molar-refractivity contribution in [2.24, 2.45) is 0 Å². The highest BCUT2D eigenvalue weighted by Gasteiger charge is 2.19. The maximum Gasteiger partial charge on any atom is 0.255 e. The van der Waals surface area contributed by atoms with Crippen LogP contribution >= 0.6 is 0 Å². The number of carbonyl (C=O) groups excluding carboxylic acids is 1. The molecule has 25 heavy (non-hydrogen) atoms. The zero-order valence-corrected chi connectivity index (χ0v) is 14.7. The van der Waals surface area contributed by atoms with E-state index in [1.165, 1.54) is 11.3 Å². The molecular weight excluding hydrogens is 316 g/mol. The molecule has 0 unspecified atom stereocenters. The van der Waals surface area contributed by atoms with Crippen LogP contribution in [-0.2, 0) is 6.42 Å². The zero-order chi connectivity index (χ0) is 17.8. The lowest BCUT2D eigenvalue weighted by atomic mass is 10.0. The monoisotopic (exact) mass is 340 g/mol. The van der Waals surface area contributed by atoms with Crippen molar-refractivity contribution in [3.63, 3.8) is 0 Å². The van der Waals surface area contributed by atoms with Crippen molar-refractivity contribution < 1.29 is 14.6 Å². The first kappa shape index (κ1) is 17.3. The highest BCUT2D eigenvalue weighted by atomic mass is 16.5. The van der Waals surface area contributed by atoms with Gasteiger partial charge < -0.3 is 20.1 Å². The number of ether oxygens (including phenoxy) is 1. The summed E-state index contributed by atoms with van der Waals surface area (Å²) in [6.07, 6.45) is 0.250. The second kappa shape index (κ2) is 7.57. The summed E-state index contributed by atoms with van der Waals surface area (Å²) in [5.41, 5.74) is 3.76. The number of benzene rings is 2. The van der Waals surface area contributed by atoms with E-state index >= 15 is 0 Å². The van der Waals surface area contributed by atoms with E-state index in [0.717, 1.165) is 18.5 Å². The zero-order valence-electron chi connectivity index (χ0n) is 14.7. The molecule has 0 aliphatic carbocycles. The van der Waals surface area contributed by atoms with Gasteiger partial charge in [0.15, 0.2) is 0 Å². The number of nitrogens with one attached hydrogen (secondary N) is 1. The van der Waals surface area contributed by atoms with Crippen molar-refractivity contribution in [2.75, 3.05) is 31.6 Å². The molecule has 2 aromatic rings. The molecule has 1 aliphatic heterocycles. The summed E-state index contributed by atoms with van der Waals surface area (Å²) in [5.74, 6) is 0.307. The molecule has 5 nitrogen and oxygen atoms in total. The summed E-state index contributed by atoms with van der Waals surface area (Å²) >= 11 is 0. The van der Waals surface area contributed by atoms with Crippen LogP contribution in [0, 0.1) is 0 Å². The SMILES string of the molecule is CCOc1ccccc1C(=O)NC[C@H](O)c1ccc2c(c1)CCN2C. The predicted octanol–water partition coefficient (Wildman–Crippen LogP) is 2.54. The Hall–Kier alpha value is -2.53. The van der Waals surface area contributed by atoms with E-state index in [9.17, 15) is 9.90 Å². The van der Waals surface area contributed by atoms with Gasteiger partial charge in [-0.25, -0.2) is 0 Å². The first-order chi connectivity index (χ1) is 12.1. The molecule has 0 fully saturated rings. The lowest BCUT2D eigenvalue weighted by Crippen LogP contribution is -2.28. The number of nitrogens with zero attached hydrogens (tertiary/aromatic N) is 1. The molecular formula is C20H24N2O3. The van der Waals surface area contributed by atoms with Crippen LogP contribution in [0.3, 0.4) is 0 Å². The minimum atomic E-state index is -0.737. The van der Waals surface area contributed by atoms with E-state index in [-0.39, 0.29) is 12.5 Å². The van der Waals surface area contributed by atoms with Crippen molar-refractivity contribution in [1.29, 1.82) is 0 Å². The van der Waals surface area contributed by atoms with E-state index in [1.54, 1.807) is 18.2 Å². The molecule has 3 rings (SSSR count). The molecule has 0 bridgehead atoms. The average Bonchev–Trinajstić information content (AvgIpc) is 3.00. The highest BCUT2D eigenvalue weighted by Crippen LogP contribution is 2.29. The Labute approximate surface area is 148 Å². The number of anilines is 1. The minimum absolute atomic E-state index is 0.161. The molecule has 132 valence electrons. The fourth-order valence-corrected chi connectivity index (χ4v) is 3.13. The predicted molar refractivity (Wildman–Crippen MR) is 98.3 cm³/mol. The molecule has 0 spiro atoms. The number of fused-ring (bicyclic) bond motifs is 1. The molecule has 1 heterocycles. The quantitative estimate of drug-likeness (QED) is 0.848. The number of rotatable bonds is 6. The highest BCUT2D eigenvalue weighted by molar-refractivity contribution is 5.96. The van der Waals surface area contributed by atoms with E-state index < -0.39 is 6.10 Å². The van der Waals surface area contributed by atoms with Gasteiger partial charge in [-0.2, -0.15) is 0 Å². The number of aliphatic hydroxyl groups is 1. The Bertz CT molecular complexity index is 760. The van der Waals surface area contributed by atoms with Gasteiger partial charge in [-0.05, 0) is 42.7 Å². The topological polar surface area (TPSA) is 61.8 Å². The van der Waals surface area contributed by atoms with E-state index in [4.69, 9.17) is 4.74 Å². The van der Waals surface area contributed by atoms with Crippen LogP contribution < -0.4 is 15.0 Å². The first-order valence-corrected chi connectivity index (χ1v) is 8.62. The van der Waals surface area contributed by atoms with Crippen molar-refractivity contribution in [3.8, 4) is 5.75 Å². The third-order valence-electron chi connectivity index (χ3n) is 4.50. The third kappa shape index (κ3) is 3.77. The molecule has 0 saturated heterocycles. The van der Waals surface area contributed by atoms with E-state index in [0.29, 0.717) is 17.9 Å². The van der Waals surface area contributed by atoms with Crippen molar-refractivity contribution in [1.82, 2.24) is 5.32 Å². The van der Waals surface area contributed by atoms with Gasteiger partial charge in [0.1, 0.15) is 5.75 Å². The van der Waals surface area contributed by atoms with Gasteiger partial charge >= 0.3 is 0 Å². The number of hydrogen-bond donors (Lipinski definition) is 2. The van der Waals surface area contributed by atoms with Crippen LogP contribution in [0.15, 0.2) is 42.5 Å². The molecule has 1 atom stereocenters. The van der Waals surface area contributed by atoms with Gasteiger partial charge in [0.25, 0.3) is 5.91 Å². The normalized spacial score (nSPS) is 14.1. The van der Waals surface area contributed by atoms with Gasteiger partial charge in [-0.1, -0.05) is 24.3 Å². The van der Waals surface area contributed by atoms with Crippen LogP contribution in [-0.4, -0.2) is 37.8 Å². The van der Waals surface area contributed by atoms with Crippen LogP contribution in [0.5, 0.6) is 5.75 Å². The molecule has 1 aliphatic rings. The fourth-order valence-electron chi connectivity index (χ4n) is 3.13. The lowest BCUT2D eigenvalue weighted by Gasteiger charge is -2.16. The molecule has 0 radical (unpaired) electrons. The largest absolute Gasteiger partial charge is 0.493 e. The molecule has 2 N–H and O–H groups in total. The smallest absolute Gasteiger partial charge is 0.255 e.